The summed E-state index contributed by atoms with van der Waals surface area (Å²) in [5.74, 6) is -0.396. The van der Waals surface area contributed by atoms with Crippen molar-refractivity contribution in [3.63, 3.8) is 0 Å². The SMILES string of the molecule is CC(C)(C)OC(=O)C[C@@H](CN)Nc1ccc(C#N)c(Cl)c1.CCN1C[C@@H](Nc2ccc(C#N)c(Cl)c2)CC1=O.CCNC[C@H](CC(=O)OC(C)(C)C)Nc1ccc(C#N)c(Cl)c1. The molecule has 17 heteroatoms. The van der Waals surface area contributed by atoms with Gasteiger partial charge in [-0.05, 0) is 110 Å². The van der Waals surface area contributed by atoms with E-state index in [0.29, 0.717) is 57.0 Å². The third-order valence-corrected chi connectivity index (χ3v) is 9.51. The number of rotatable bonds is 15. The van der Waals surface area contributed by atoms with Crippen molar-refractivity contribution in [1.82, 2.24) is 10.2 Å². The molecule has 0 spiro atoms. The standard InChI is InChI=1S/C17H24ClN3O2.C15H20ClN3O2.C13H14ClN3O/c1-5-20-11-14(9-16(22)23-17(2,3)4)21-13-7-6-12(10-19)15(18)8-13;1-15(2,3)21-14(20)7-12(9-18)19-11-5-4-10(8-17)13(16)6-11;1-2-17-8-11(6-13(17)18)16-10-4-3-9(7-15)12(14)5-10/h6-8,14,20-21H,5,9,11H2,1-4H3;4-6,12,19H,7,9,18H2,1-3H3;3-5,11,16H,2,6,8H2,1H3/t14-;12-;11-/m000/s1. The molecule has 1 saturated heterocycles. The second-order valence-corrected chi connectivity index (χ2v) is 17.4. The number of carbonyl (C=O) groups excluding carboxylic acids is 3. The largest absolute Gasteiger partial charge is 0.460 e. The smallest absolute Gasteiger partial charge is 0.308 e. The van der Waals surface area contributed by atoms with Crippen LogP contribution in [0.5, 0.6) is 0 Å². The molecule has 6 N–H and O–H groups in total. The number of likely N-dealkylation sites (N-methyl/N-ethyl adjacent to an activating group) is 2. The Kier molecular flexibility index (Phi) is 21.8. The van der Waals surface area contributed by atoms with Gasteiger partial charge in [-0.15, -0.1) is 0 Å². The zero-order valence-corrected chi connectivity index (χ0v) is 38.9. The number of esters is 2. The Morgan fingerprint density at radius 2 is 1.18 bits per heavy atom. The molecule has 1 heterocycles. The average Bonchev–Trinajstić information content (AvgIpc) is 3.54. The second kappa shape index (κ2) is 25.6. The molecule has 3 atom stereocenters. The maximum absolute atomic E-state index is 12.0. The predicted molar refractivity (Wildman–Crippen MR) is 246 cm³/mol. The van der Waals surface area contributed by atoms with Crippen molar-refractivity contribution >= 4 is 69.7 Å². The minimum Gasteiger partial charge on any atom is -0.460 e. The number of anilines is 3. The zero-order valence-electron chi connectivity index (χ0n) is 36.6. The normalized spacial score (nSPS) is 14.2. The summed E-state index contributed by atoms with van der Waals surface area (Å²) in [7, 11) is 0. The van der Waals surface area contributed by atoms with E-state index in [2.05, 4.69) is 21.3 Å². The second-order valence-electron chi connectivity index (χ2n) is 16.2. The van der Waals surface area contributed by atoms with Gasteiger partial charge in [0.05, 0.1) is 50.6 Å². The molecule has 0 unspecified atom stereocenters. The minimum absolute atomic E-state index is 0.112. The maximum Gasteiger partial charge on any atom is 0.308 e. The third kappa shape index (κ3) is 19.6. The summed E-state index contributed by atoms with van der Waals surface area (Å²) < 4.78 is 10.6. The van der Waals surface area contributed by atoms with Crippen LogP contribution >= 0.6 is 34.8 Å². The van der Waals surface area contributed by atoms with E-state index in [0.717, 1.165) is 24.5 Å². The summed E-state index contributed by atoms with van der Waals surface area (Å²) in [6.45, 7) is 18.1. The lowest BCUT2D eigenvalue weighted by Crippen LogP contribution is -2.36. The number of hydrogen-bond donors (Lipinski definition) is 5. The molecule has 4 rings (SSSR count). The highest BCUT2D eigenvalue weighted by Crippen LogP contribution is 2.25. The van der Waals surface area contributed by atoms with Crippen molar-refractivity contribution in [2.45, 2.75) is 104 Å². The molecule has 1 fully saturated rings. The number of nitrogens with zero attached hydrogens (tertiary/aromatic N) is 4. The van der Waals surface area contributed by atoms with Crippen LogP contribution in [0.15, 0.2) is 54.6 Å². The van der Waals surface area contributed by atoms with Crippen LogP contribution in [-0.4, -0.2) is 84.8 Å². The van der Waals surface area contributed by atoms with E-state index in [1.807, 2.05) is 84.6 Å². The summed E-state index contributed by atoms with van der Waals surface area (Å²) in [6, 6.07) is 21.1. The van der Waals surface area contributed by atoms with Crippen LogP contribution in [0.2, 0.25) is 15.1 Å². The number of amides is 1. The quantitative estimate of drug-likeness (QED) is 0.0909. The van der Waals surface area contributed by atoms with Gasteiger partial charge in [0.15, 0.2) is 0 Å². The van der Waals surface area contributed by atoms with E-state index in [9.17, 15) is 14.4 Å². The van der Waals surface area contributed by atoms with Gasteiger partial charge in [0.2, 0.25) is 5.91 Å². The Bertz CT molecular complexity index is 2100. The number of nitrogens with one attached hydrogen (secondary N) is 4. The molecule has 0 aromatic heterocycles. The molecule has 1 amide bonds. The Hall–Kier alpha value is -5.27. The summed E-state index contributed by atoms with van der Waals surface area (Å²) in [6.07, 6.45) is 0.902. The molecule has 14 nitrogen and oxygen atoms in total. The van der Waals surface area contributed by atoms with E-state index in [1.54, 1.807) is 48.5 Å². The highest BCUT2D eigenvalue weighted by Gasteiger charge is 2.28. The van der Waals surface area contributed by atoms with Gasteiger partial charge in [0.25, 0.3) is 0 Å². The minimum atomic E-state index is -0.520. The first-order valence-electron chi connectivity index (χ1n) is 20.1. The molecule has 1 aliphatic heterocycles. The summed E-state index contributed by atoms with van der Waals surface area (Å²) >= 11 is 18.0. The lowest BCUT2D eigenvalue weighted by molar-refractivity contribution is -0.156. The van der Waals surface area contributed by atoms with Crippen LogP contribution in [0.4, 0.5) is 17.1 Å². The molecule has 0 saturated carbocycles. The molecule has 3 aromatic rings. The first-order valence-corrected chi connectivity index (χ1v) is 21.3. The predicted octanol–water partition coefficient (Wildman–Crippen LogP) is 8.26. The van der Waals surface area contributed by atoms with Gasteiger partial charge in [-0.1, -0.05) is 41.7 Å². The molecule has 0 bridgehead atoms. The number of nitriles is 3. The molecule has 334 valence electrons. The molecule has 0 aliphatic carbocycles. The fourth-order valence-electron chi connectivity index (χ4n) is 5.82. The Morgan fingerprint density at radius 3 is 1.55 bits per heavy atom. The number of benzene rings is 3. The molecule has 3 aromatic carbocycles. The van der Waals surface area contributed by atoms with Crippen molar-refractivity contribution in [3.8, 4) is 18.2 Å². The fraction of sp³-hybridized carbons (Fsp3) is 0.467. The van der Waals surface area contributed by atoms with Crippen molar-refractivity contribution < 1.29 is 23.9 Å². The van der Waals surface area contributed by atoms with Crippen molar-refractivity contribution in [3.05, 3.63) is 86.4 Å². The van der Waals surface area contributed by atoms with Crippen molar-refractivity contribution in [2.24, 2.45) is 5.73 Å². The highest BCUT2D eigenvalue weighted by molar-refractivity contribution is 6.32. The van der Waals surface area contributed by atoms with Crippen LogP contribution < -0.4 is 27.0 Å². The van der Waals surface area contributed by atoms with E-state index in [1.165, 1.54) is 0 Å². The van der Waals surface area contributed by atoms with Gasteiger partial charge < -0.3 is 41.4 Å². The fourth-order valence-corrected chi connectivity index (χ4v) is 6.49. The number of likely N-dealkylation sites (tertiary alicyclic amines) is 1. The van der Waals surface area contributed by atoms with Gasteiger partial charge in [-0.3, -0.25) is 14.4 Å². The van der Waals surface area contributed by atoms with Gasteiger partial charge in [0, 0.05) is 61.7 Å². The molecular formula is C45H58Cl3N9O5. The molecular weight excluding hydrogens is 853 g/mol. The zero-order chi connectivity index (χ0) is 46.6. The number of ether oxygens (including phenoxy) is 2. The van der Waals surface area contributed by atoms with Crippen molar-refractivity contribution in [1.29, 1.82) is 15.8 Å². The van der Waals surface area contributed by atoms with E-state index < -0.39 is 11.2 Å². The third-order valence-electron chi connectivity index (χ3n) is 8.57. The summed E-state index contributed by atoms with van der Waals surface area (Å²) in [5.41, 5.74) is 8.25. The van der Waals surface area contributed by atoms with Crippen LogP contribution in [0, 0.1) is 34.0 Å². The van der Waals surface area contributed by atoms with E-state index in [4.69, 9.17) is 65.8 Å². The Balaban J connectivity index is 0.000000322. The van der Waals surface area contributed by atoms with Crippen LogP contribution in [-0.2, 0) is 23.9 Å². The summed E-state index contributed by atoms with van der Waals surface area (Å²) in [5, 5.41) is 40.6. The first-order chi connectivity index (χ1) is 29.1. The van der Waals surface area contributed by atoms with Gasteiger partial charge in [-0.2, -0.15) is 15.8 Å². The molecule has 0 radical (unpaired) electrons. The Labute approximate surface area is 381 Å². The summed E-state index contributed by atoms with van der Waals surface area (Å²) in [4.78, 5) is 37.2. The average molecular weight is 911 g/mol. The number of carbonyl (C=O) groups is 3. The molecule has 62 heavy (non-hydrogen) atoms. The number of halogens is 3. The monoisotopic (exact) mass is 909 g/mol. The van der Waals surface area contributed by atoms with Gasteiger partial charge in [0.1, 0.15) is 29.4 Å². The lowest BCUT2D eigenvalue weighted by atomic mass is 10.1. The van der Waals surface area contributed by atoms with Gasteiger partial charge >= 0.3 is 11.9 Å². The van der Waals surface area contributed by atoms with Crippen molar-refractivity contribution in [2.75, 3.05) is 48.7 Å². The van der Waals surface area contributed by atoms with Crippen LogP contribution in [0.3, 0.4) is 0 Å². The Morgan fingerprint density at radius 1 is 0.758 bits per heavy atom. The van der Waals surface area contributed by atoms with E-state index >= 15 is 0 Å². The molecule has 1 aliphatic rings. The first kappa shape index (κ1) is 52.9. The van der Waals surface area contributed by atoms with Crippen LogP contribution in [0.1, 0.15) is 91.3 Å². The van der Waals surface area contributed by atoms with E-state index in [-0.39, 0.29) is 55.4 Å². The number of hydrogen-bond acceptors (Lipinski definition) is 13. The van der Waals surface area contributed by atoms with Gasteiger partial charge in [-0.25, -0.2) is 0 Å². The maximum atomic E-state index is 12.0. The topological polar surface area (TPSA) is 218 Å². The lowest BCUT2D eigenvalue weighted by Gasteiger charge is -2.24. The number of nitrogens with two attached hydrogens (primary N) is 1. The highest BCUT2D eigenvalue weighted by atomic mass is 35.5. The van der Waals surface area contributed by atoms with Crippen LogP contribution in [0.25, 0.3) is 0 Å².